The van der Waals surface area contributed by atoms with Crippen molar-refractivity contribution in [3.8, 4) is 17.8 Å². The third-order valence-corrected chi connectivity index (χ3v) is 3.16. The topological polar surface area (TPSA) is 60.5 Å². The van der Waals surface area contributed by atoms with Crippen LogP contribution in [-0.4, -0.2) is 30.6 Å². The van der Waals surface area contributed by atoms with Crippen LogP contribution in [0.25, 0.3) is 0 Å². The average Bonchev–Trinajstić information content (AvgIpc) is 2.87. The number of hydrogen-bond donors (Lipinski definition) is 1. The van der Waals surface area contributed by atoms with Gasteiger partial charge in [-0.2, -0.15) is 0 Å². The fraction of sp³-hybridized carbons (Fsp3) is 0.385. The zero-order valence-corrected chi connectivity index (χ0v) is 11.9. The molecule has 0 spiro atoms. The minimum atomic E-state index is -0.267. The van der Waals surface area contributed by atoms with Crippen molar-refractivity contribution in [3.05, 3.63) is 22.9 Å². The summed E-state index contributed by atoms with van der Waals surface area (Å²) in [7, 11) is 1.38. The molecule has 0 aliphatic carbocycles. The molecule has 0 saturated carbocycles. The highest BCUT2D eigenvalue weighted by Gasteiger charge is 2.29. The summed E-state index contributed by atoms with van der Waals surface area (Å²) < 4.78 is 10.8. The summed E-state index contributed by atoms with van der Waals surface area (Å²) in [5.74, 6) is 3.39. The predicted octanol–water partition coefficient (Wildman–Crippen LogP) is 1.33. The van der Waals surface area contributed by atoms with Gasteiger partial charge >= 0.3 is 5.97 Å². The third kappa shape index (κ3) is 3.94. The van der Waals surface area contributed by atoms with Crippen LogP contribution in [0.2, 0.25) is 0 Å². The number of nitrogens with one attached hydrogen (secondary N) is 1. The molecular weight excluding hydrogens is 312 g/mol. The van der Waals surface area contributed by atoms with E-state index in [1.54, 1.807) is 18.5 Å². The number of aromatic nitrogens is 1. The minimum Gasteiger partial charge on any atom is -0.468 e. The molecule has 1 aliphatic rings. The van der Waals surface area contributed by atoms with E-state index in [0.717, 1.165) is 4.47 Å². The number of esters is 1. The quantitative estimate of drug-likeness (QED) is 0.657. The van der Waals surface area contributed by atoms with Crippen LogP contribution < -0.4 is 10.1 Å². The van der Waals surface area contributed by atoms with Crippen molar-refractivity contribution in [2.24, 2.45) is 5.92 Å². The molecule has 1 fully saturated rings. The summed E-state index contributed by atoms with van der Waals surface area (Å²) in [6.45, 7) is 0.660. The molecule has 0 radical (unpaired) electrons. The van der Waals surface area contributed by atoms with Crippen LogP contribution >= 0.6 is 15.9 Å². The van der Waals surface area contributed by atoms with Crippen LogP contribution in [0.1, 0.15) is 6.42 Å². The van der Waals surface area contributed by atoms with Crippen molar-refractivity contribution < 1.29 is 14.3 Å². The Kier molecular flexibility index (Phi) is 4.77. The lowest BCUT2D eigenvalue weighted by Gasteiger charge is -2.05. The van der Waals surface area contributed by atoms with Gasteiger partial charge in [-0.15, -0.1) is 0 Å². The van der Waals surface area contributed by atoms with Gasteiger partial charge in [0.2, 0.25) is 0 Å². The SMILES string of the molecule is COC(=O)[C@@H]1CC(C#COc2cncc(Br)c2)CN1. The maximum atomic E-state index is 11.3. The largest absolute Gasteiger partial charge is 0.468 e. The van der Waals surface area contributed by atoms with Crippen molar-refractivity contribution in [2.75, 3.05) is 13.7 Å². The average molecular weight is 325 g/mol. The summed E-state index contributed by atoms with van der Waals surface area (Å²) in [6.07, 6.45) is 6.54. The molecule has 1 aromatic heterocycles. The highest BCUT2D eigenvalue weighted by atomic mass is 79.9. The summed E-state index contributed by atoms with van der Waals surface area (Å²) in [5.41, 5.74) is 0. The van der Waals surface area contributed by atoms with Gasteiger partial charge in [0.1, 0.15) is 12.1 Å². The molecule has 0 amide bonds. The minimum absolute atomic E-state index is 0.0872. The van der Waals surface area contributed by atoms with Crippen LogP contribution in [0.15, 0.2) is 22.9 Å². The standard InChI is InChI=1S/C13H13BrN2O3/c1-18-13(17)12-4-9(6-16-12)2-3-19-11-5-10(14)7-15-8-11/h5,7-9,12,16H,4,6H2,1H3/t9?,12-/m0/s1. The van der Waals surface area contributed by atoms with Gasteiger partial charge in [-0.1, -0.05) is 5.92 Å². The lowest BCUT2D eigenvalue weighted by Crippen LogP contribution is -2.31. The van der Waals surface area contributed by atoms with E-state index in [2.05, 4.69) is 43.0 Å². The maximum absolute atomic E-state index is 11.3. The number of hydrogen-bond acceptors (Lipinski definition) is 5. The Bertz CT molecular complexity index is 524. The van der Waals surface area contributed by atoms with E-state index in [4.69, 9.17) is 4.74 Å². The molecule has 100 valence electrons. The first-order valence-corrected chi connectivity index (χ1v) is 6.57. The number of nitrogens with zero attached hydrogens (tertiary/aromatic N) is 1. The van der Waals surface area contributed by atoms with Crippen molar-refractivity contribution in [1.29, 1.82) is 0 Å². The number of ether oxygens (including phenoxy) is 2. The molecule has 6 heteroatoms. The van der Waals surface area contributed by atoms with Gasteiger partial charge in [0.05, 0.1) is 13.3 Å². The van der Waals surface area contributed by atoms with E-state index in [1.807, 2.05) is 0 Å². The Balaban J connectivity index is 1.86. The normalized spacial score (nSPS) is 21.4. The van der Waals surface area contributed by atoms with E-state index in [1.165, 1.54) is 7.11 Å². The molecule has 1 aliphatic heterocycles. The maximum Gasteiger partial charge on any atom is 0.322 e. The van der Waals surface area contributed by atoms with E-state index in [-0.39, 0.29) is 17.9 Å². The van der Waals surface area contributed by atoms with Gasteiger partial charge < -0.3 is 14.8 Å². The van der Waals surface area contributed by atoms with E-state index in [9.17, 15) is 4.79 Å². The summed E-state index contributed by atoms with van der Waals surface area (Å²) in [6, 6.07) is 1.52. The number of carbonyl (C=O) groups is 1. The van der Waals surface area contributed by atoms with Crippen LogP contribution in [0, 0.1) is 17.9 Å². The number of methoxy groups -OCH3 is 1. The molecule has 2 atom stereocenters. The fourth-order valence-corrected chi connectivity index (χ4v) is 2.13. The molecule has 1 saturated heterocycles. The molecule has 1 N–H and O–H groups in total. The molecule has 5 nitrogen and oxygen atoms in total. The molecule has 0 aromatic carbocycles. The van der Waals surface area contributed by atoms with Crippen molar-refractivity contribution >= 4 is 21.9 Å². The number of rotatable bonds is 2. The highest BCUT2D eigenvalue weighted by molar-refractivity contribution is 9.10. The van der Waals surface area contributed by atoms with Gasteiger partial charge in [-0.3, -0.25) is 9.78 Å². The second-order valence-corrected chi connectivity index (χ2v) is 5.02. The highest BCUT2D eigenvalue weighted by Crippen LogP contribution is 2.16. The van der Waals surface area contributed by atoms with Crippen molar-refractivity contribution in [1.82, 2.24) is 10.3 Å². The predicted molar refractivity (Wildman–Crippen MR) is 72.3 cm³/mol. The second kappa shape index (κ2) is 6.55. The zero-order chi connectivity index (χ0) is 13.7. The molecule has 2 heterocycles. The van der Waals surface area contributed by atoms with Crippen LogP contribution in [0.3, 0.4) is 0 Å². The second-order valence-electron chi connectivity index (χ2n) is 4.10. The molecule has 0 bridgehead atoms. The lowest BCUT2D eigenvalue weighted by molar-refractivity contribution is -0.142. The van der Waals surface area contributed by atoms with Crippen molar-refractivity contribution in [2.45, 2.75) is 12.5 Å². The zero-order valence-electron chi connectivity index (χ0n) is 10.4. The molecule has 1 unspecified atom stereocenters. The van der Waals surface area contributed by atoms with Crippen LogP contribution in [0.4, 0.5) is 0 Å². The Morgan fingerprint density at radius 2 is 2.42 bits per heavy atom. The lowest BCUT2D eigenvalue weighted by atomic mass is 10.1. The van der Waals surface area contributed by atoms with Gasteiger partial charge in [0.15, 0.2) is 5.75 Å². The first kappa shape index (κ1) is 13.8. The van der Waals surface area contributed by atoms with E-state index < -0.39 is 0 Å². The number of carbonyl (C=O) groups excluding carboxylic acids is 1. The summed E-state index contributed by atoms with van der Waals surface area (Å²) in [4.78, 5) is 15.3. The Morgan fingerprint density at radius 1 is 1.58 bits per heavy atom. The fourth-order valence-electron chi connectivity index (χ4n) is 1.79. The first-order chi connectivity index (χ1) is 9.19. The molecule has 2 rings (SSSR count). The van der Waals surface area contributed by atoms with Gasteiger partial charge in [-0.05, 0) is 28.4 Å². The molecule has 1 aromatic rings. The smallest absolute Gasteiger partial charge is 0.322 e. The van der Waals surface area contributed by atoms with Crippen molar-refractivity contribution in [3.63, 3.8) is 0 Å². The third-order valence-electron chi connectivity index (χ3n) is 2.73. The van der Waals surface area contributed by atoms with Gasteiger partial charge in [0.25, 0.3) is 0 Å². The molecular formula is C13H13BrN2O3. The van der Waals surface area contributed by atoms with Crippen LogP contribution in [0.5, 0.6) is 5.75 Å². The van der Waals surface area contributed by atoms with E-state index in [0.29, 0.717) is 18.7 Å². The molecule has 19 heavy (non-hydrogen) atoms. The summed E-state index contributed by atoms with van der Waals surface area (Å²) >= 11 is 3.30. The van der Waals surface area contributed by atoms with Crippen LogP contribution in [-0.2, 0) is 9.53 Å². The number of pyridine rings is 1. The van der Waals surface area contributed by atoms with Gasteiger partial charge in [0, 0.05) is 23.1 Å². The monoisotopic (exact) mass is 324 g/mol. The Labute approximate surface area is 119 Å². The van der Waals surface area contributed by atoms with Gasteiger partial charge in [-0.25, -0.2) is 0 Å². The first-order valence-electron chi connectivity index (χ1n) is 5.78. The number of halogens is 1. The summed E-state index contributed by atoms with van der Waals surface area (Å²) in [5, 5.41) is 3.06. The Hall–Kier alpha value is -1.58. The van der Waals surface area contributed by atoms with E-state index >= 15 is 0 Å². The Morgan fingerprint density at radius 3 is 3.16 bits per heavy atom.